The second-order valence-electron chi connectivity index (χ2n) is 5.97. The number of hydrogen-bond donors (Lipinski definition) is 2. The monoisotopic (exact) mass is 419 g/mol. The van der Waals surface area contributed by atoms with Gasteiger partial charge >= 0.3 is 5.97 Å². The van der Waals surface area contributed by atoms with Crippen molar-refractivity contribution >= 4 is 46.5 Å². The quantitative estimate of drug-likeness (QED) is 0.593. The van der Waals surface area contributed by atoms with Gasteiger partial charge in [0.1, 0.15) is 6.61 Å². The Labute approximate surface area is 165 Å². The molecule has 0 saturated carbocycles. The number of anilines is 1. The van der Waals surface area contributed by atoms with Crippen molar-refractivity contribution in [2.24, 2.45) is 0 Å². The van der Waals surface area contributed by atoms with Crippen LogP contribution in [0.5, 0.6) is 5.75 Å². The summed E-state index contributed by atoms with van der Waals surface area (Å²) in [6.45, 7) is 3.63. The van der Waals surface area contributed by atoms with Gasteiger partial charge in [0.15, 0.2) is 11.6 Å². The minimum absolute atomic E-state index is 0.0300. The molecular weight excluding hydrogens is 404 g/mol. The molecule has 0 bridgehead atoms. The predicted molar refractivity (Wildman–Crippen MR) is 102 cm³/mol. The van der Waals surface area contributed by atoms with E-state index in [0.717, 1.165) is 0 Å². The van der Waals surface area contributed by atoms with E-state index in [9.17, 15) is 9.18 Å². The molecule has 8 heteroatoms. The molecule has 0 aliphatic rings. The van der Waals surface area contributed by atoms with Crippen molar-refractivity contribution in [3.05, 3.63) is 56.3 Å². The van der Waals surface area contributed by atoms with Gasteiger partial charge in [0.05, 0.1) is 22.2 Å². The molecule has 0 unspecified atom stereocenters. The first-order valence-corrected chi connectivity index (χ1v) is 8.87. The summed E-state index contributed by atoms with van der Waals surface area (Å²) in [6, 6.07) is 5.90. The fraction of sp³-hybridized carbons (Fsp3) is 0.278. The van der Waals surface area contributed by atoms with Crippen LogP contribution < -0.4 is 10.1 Å². The third kappa shape index (κ3) is 5.40. The summed E-state index contributed by atoms with van der Waals surface area (Å²) >= 11 is 18.3. The Morgan fingerprint density at radius 1 is 1.19 bits per heavy atom. The normalized spacial score (nSPS) is 10.9. The minimum Gasteiger partial charge on any atom is -0.486 e. The number of ether oxygens (including phenoxy) is 1. The summed E-state index contributed by atoms with van der Waals surface area (Å²) < 4.78 is 20.2. The molecule has 0 atom stereocenters. The third-order valence-electron chi connectivity index (χ3n) is 3.34. The summed E-state index contributed by atoms with van der Waals surface area (Å²) in [5, 5.41) is 12.5. The van der Waals surface area contributed by atoms with Gasteiger partial charge in [0, 0.05) is 16.6 Å². The maximum atomic E-state index is 14.6. The second kappa shape index (κ2) is 8.80. The molecule has 0 heterocycles. The van der Waals surface area contributed by atoms with Crippen molar-refractivity contribution in [2.45, 2.75) is 32.9 Å². The number of carboxylic acids is 1. The van der Waals surface area contributed by atoms with Crippen molar-refractivity contribution in [1.82, 2.24) is 0 Å². The van der Waals surface area contributed by atoms with Crippen LogP contribution in [-0.4, -0.2) is 17.1 Å². The van der Waals surface area contributed by atoms with E-state index in [4.69, 9.17) is 44.6 Å². The molecule has 0 amide bonds. The minimum atomic E-state index is -1.00. The number of rotatable bonds is 7. The maximum Gasteiger partial charge on any atom is 0.307 e. The number of hydrogen-bond acceptors (Lipinski definition) is 3. The van der Waals surface area contributed by atoms with Crippen molar-refractivity contribution in [2.75, 3.05) is 5.32 Å². The molecule has 0 aliphatic heterocycles. The highest BCUT2D eigenvalue weighted by Crippen LogP contribution is 2.35. The molecule has 0 aromatic heterocycles. The standard InChI is InChI=1S/C18H17Cl3FNO3/c1-9(2)23-15-7-12(19)6-11(17(15)22)8-26-18-13(20)3-10(4-14(18)21)5-16(24)25/h3-4,6-7,9,23H,5,8H2,1-2H3,(H,24,25). The number of benzene rings is 2. The molecule has 2 N–H and O–H groups in total. The largest absolute Gasteiger partial charge is 0.486 e. The lowest BCUT2D eigenvalue weighted by molar-refractivity contribution is -0.136. The third-order valence-corrected chi connectivity index (χ3v) is 4.12. The lowest BCUT2D eigenvalue weighted by Gasteiger charge is -2.16. The molecule has 0 aliphatic carbocycles. The van der Waals surface area contributed by atoms with E-state index in [0.29, 0.717) is 10.6 Å². The fourth-order valence-electron chi connectivity index (χ4n) is 2.34. The predicted octanol–water partition coefficient (Wildman–Crippen LogP) is 5.81. The van der Waals surface area contributed by atoms with E-state index in [2.05, 4.69) is 5.32 Å². The molecule has 4 nitrogen and oxygen atoms in total. The Kier molecular flexibility index (Phi) is 6.98. The van der Waals surface area contributed by atoms with E-state index >= 15 is 0 Å². The Bertz CT molecular complexity index is 805. The summed E-state index contributed by atoms with van der Waals surface area (Å²) in [5.41, 5.74) is 0.958. The van der Waals surface area contributed by atoms with Crippen LogP contribution in [0.4, 0.5) is 10.1 Å². The highest BCUT2D eigenvalue weighted by Gasteiger charge is 2.15. The average molecular weight is 421 g/mol. The molecule has 140 valence electrons. The van der Waals surface area contributed by atoms with E-state index < -0.39 is 11.8 Å². The number of aliphatic carboxylic acids is 1. The van der Waals surface area contributed by atoms with Crippen LogP contribution in [0.1, 0.15) is 25.0 Å². The van der Waals surface area contributed by atoms with Crippen LogP contribution >= 0.6 is 34.8 Å². The molecule has 0 saturated heterocycles. The zero-order chi connectivity index (χ0) is 19.4. The van der Waals surface area contributed by atoms with Gasteiger partial charge in [-0.15, -0.1) is 0 Å². The summed E-state index contributed by atoms with van der Waals surface area (Å²) in [6.07, 6.45) is -0.215. The highest BCUT2D eigenvalue weighted by molar-refractivity contribution is 6.37. The van der Waals surface area contributed by atoms with Crippen molar-refractivity contribution < 1.29 is 19.0 Å². The summed E-state index contributed by atoms with van der Waals surface area (Å²) in [4.78, 5) is 10.8. The number of halogens is 4. The van der Waals surface area contributed by atoms with Gasteiger partial charge < -0.3 is 15.2 Å². The van der Waals surface area contributed by atoms with Crippen molar-refractivity contribution in [1.29, 1.82) is 0 Å². The van der Waals surface area contributed by atoms with Gasteiger partial charge in [-0.25, -0.2) is 4.39 Å². The fourth-order valence-corrected chi connectivity index (χ4v) is 3.23. The maximum absolute atomic E-state index is 14.6. The zero-order valence-corrected chi connectivity index (χ0v) is 16.3. The Hall–Kier alpha value is -1.69. The first-order valence-electron chi connectivity index (χ1n) is 7.74. The van der Waals surface area contributed by atoms with Crippen LogP contribution in [0, 0.1) is 5.82 Å². The second-order valence-corrected chi connectivity index (χ2v) is 7.22. The van der Waals surface area contributed by atoms with Gasteiger partial charge in [-0.05, 0) is 43.7 Å². The van der Waals surface area contributed by atoms with Crippen LogP contribution in [0.3, 0.4) is 0 Å². The van der Waals surface area contributed by atoms with E-state index in [1.165, 1.54) is 24.3 Å². The highest BCUT2D eigenvalue weighted by atomic mass is 35.5. The first-order chi connectivity index (χ1) is 12.2. The van der Waals surface area contributed by atoms with E-state index in [-0.39, 0.29) is 46.1 Å². The molecule has 0 fully saturated rings. The van der Waals surface area contributed by atoms with Crippen LogP contribution in [-0.2, 0) is 17.8 Å². The Morgan fingerprint density at radius 2 is 1.81 bits per heavy atom. The molecule has 2 aromatic carbocycles. The van der Waals surface area contributed by atoms with E-state index in [1.54, 1.807) is 0 Å². The molecule has 0 spiro atoms. The number of carboxylic acid groups (broad SMARTS) is 1. The topological polar surface area (TPSA) is 58.6 Å². The van der Waals surface area contributed by atoms with Crippen molar-refractivity contribution in [3.63, 3.8) is 0 Å². The van der Waals surface area contributed by atoms with Gasteiger partial charge in [-0.3, -0.25) is 4.79 Å². The van der Waals surface area contributed by atoms with Gasteiger partial charge in [-0.1, -0.05) is 34.8 Å². The Balaban J connectivity index is 2.23. The summed E-state index contributed by atoms with van der Waals surface area (Å²) in [5.74, 6) is -1.32. The average Bonchev–Trinajstić information content (AvgIpc) is 2.49. The molecule has 0 radical (unpaired) electrons. The molecule has 2 aromatic rings. The molecule has 26 heavy (non-hydrogen) atoms. The smallest absolute Gasteiger partial charge is 0.307 e. The van der Waals surface area contributed by atoms with Crippen LogP contribution in [0.15, 0.2) is 24.3 Å². The van der Waals surface area contributed by atoms with Gasteiger partial charge in [0.2, 0.25) is 0 Å². The number of carbonyl (C=O) groups is 1. The van der Waals surface area contributed by atoms with Gasteiger partial charge in [-0.2, -0.15) is 0 Å². The SMILES string of the molecule is CC(C)Nc1cc(Cl)cc(COc2c(Cl)cc(CC(=O)O)cc2Cl)c1F. The lowest BCUT2D eigenvalue weighted by Crippen LogP contribution is -2.12. The summed E-state index contributed by atoms with van der Waals surface area (Å²) in [7, 11) is 0. The zero-order valence-electron chi connectivity index (χ0n) is 14.1. The van der Waals surface area contributed by atoms with E-state index in [1.807, 2.05) is 13.8 Å². The van der Waals surface area contributed by atoms with Gasteiger partial charge in [0.25, 0.3) is 0 Å². The van der Waals surface area contributed by atoms with Crippen LogP contribution in [0.2, 0.25) is 15.1 Å². The molecule has 2 rings (SSSR count). The van der Waals surface area contributed by atoms with Crippen LogP contribution in [0.25, 0.3) is 0 Å². The Morgan fingerprint density at radius 3 is 2.35 bits per heavy atom. The first kappa shape index (κ1) is 20.6. The lowest BCUT2D eigenvalue weighted by atomic mass is 10.1. The van der Waals surface area contributed by atoms with Crippen molar-refractivity contribution in [3.8, 4) is 5.75 Å². The molecular formula is C18H17Cl3FNO3. The number of nitrogens with one attached hydrogen (secondary N) is 1.